The minimum absolute atomic E-state index is 0.500. The number of halogens is 1. The maximum absolute atomic E-state index is 9.56. The van der Waals surface area contributed by atoms with E-state index < -0.39 is 0 Å². The number of hydrogen-bond donors (Lipinski definition) is 0. The van der Waals surface area contributed by atoms with Crippen LogP contribution in [0.1, 0.15) is 21.8 Å². The summed E-state index contributed by atoms with van der Waals surface area (Å²) in [5.74, 6) is 0. The molecule has 132 valence electrons. The molecule has 0 bridgehead atoms. The Balaban J connectivity index is 2.00. The number of nitriles is 2. The van der Waals surface area contributed by atoms with Gasteiger partial charge in [-0.25, -0.2) is 9.97 Å². The van der Waals surface area contributed by atoms with E-state index in [4.69, 9.17) is 0 Å². The standard InChI is InChI=1S/C20H13BrN4S2/c1-12-17(8-15(10-23)19(24-12)26-2)18-11-27-20(25-18)14(9-22)7-13-3-5-16(21)6-4-13/h3-8,11H,1-2H3/b14-7+. The zero-order valence-electron chi connectivity index (χ0n) is 14.5. The summed E-state index contributed by atoms with van der Waals surface area (Å²) < 4.78 is 0.986. The molecule has 0 N–H and O–H groups in total. The van der Waals surface area contributed by atoms with Gasteiger partial charge in [-0.1, -0.05) is 28.1 Å². The van der Waals surface area contributed by atoms with Gasteiger partial charge in [-0.3, -0.25) is 0 Å². The lowest BCUT2D eigenvalue weighted by atomic mass is 10.1. The molecule has 0 aliphatic carbocycles. The predicted molar refractivity (Wildman–Crippen MR) is 114 cm³/mol. The highest BCUT2D eigenvalue weighted by atomic mass is 79.9. The van der Waals surface area contributed by atoms with E-state index >= 15 is 0 Å². The van der Waals surface area contributed by atoms with Crippen LogP contribution in [0.3, 0.4) is 0 Å². The van der Waals surface area contributed by atoms with E-state index in [9.17, 15) is 10.5 Å². The second-order valence-corrected chi connectivity index (χ2v) is 8.12. The smallest absolute Gasteiger partial charge is 0.134 e. The summed E-state index contributed by atoms with van der Waals surface area (Å²) in [6.07, 6.45) is 3.72. The van der Waals surface area contributed by atoms with Gasteiger partial charge in [-0.05, 0) is 43.0 Å². The number of nitrogens with zero attached hydrogens (tertiary/aromatic N) is 4. The molecule has 2 aromatic heterocycles. The Bertz CT molecular complexity index is 1100. The number of rotatable bonds is 4. The van der Waals surface area contributed by atoms with Crippen LogP contribution in [-0.4, -0.2) is 16.2 Å². The minimum Gasteiger partial charge on any atom is -0.245 e. The summed E-state index contributed by atoms with van der Waals surface area (Å²) in [4.78, 5) is 9.13. The molecule has 0 atom stereocenters. The fourth-order valence-electron chi connectivity index (χ4n) is 2.47. The number of hydrogen-bond acceptors (Lipinski definition) is 6. The molecular weight excluding hydrogens is 440 g/mol. The number of aryl methyl sites for hydroxylation is 1. The number of pyridine rings is 1. The van der Waals surface area contributed by atoms with Crippen LogP contribution in [0.25, 0.3) is 22.9 Å². The van der Waals surface area contributed by atoms with Crippen molar-refractivity contribution in [2.75, 3.05) is 6.26 Å². The fraction of sp³-hybridized carbons (Fsp3) is 0.100. The van der Waals surface area contributed by atoms with Crippen molar-refractivity contribution in [2.45, 2.75) is 11.9 Å². The SMILES string of the molecule is CSc1nc(C)c(-c2csc(/C(C#N)=C/c3ccc(Br)cc3)n2)cc1C#N. The molecular formula is C20H13BrN4S2. The van der Waals surface area contributed by atoms with Crippen LogP contribution >= 0.6 is 39.0 Å². The molecule has 0 amide bonds. The highest BCUT2D eigenvalue weighted by Gasteiger charge is 2.14. The first-order valence-electron chi connectivity index (χ1n) is 7.85. The molecule has 0 fully saturated rings. The third kappa shape index (κ3) is 4.28. The van der Waals surface area contributed by atoms with E-state index in [0.717, 1.165) is 27.0 Å². The Hall–Kier alpha value is -2.45. The molecule has 0 unspecified atom stereocenters. The van der Waals surface area contributed by atoms with Crippen LogP contribution < -0.4 is 0 Å². The van der Waals surface area contributed by atoms with Crippen molar-refractivity contribution < 1.29 is 0 Å². The maximum Gasteiger partial charge on any atom is 0.134 e. The van der Waals surface area contributed by atoms with Crippen molar-refractivity contribution in [1.29, 1.82) is 10.5 Å². The Morgan fingerprint density at radius 1 is 1.22 bits per heavy atom. The van der Waals surface area contributed by atoms with Crippen molar-refractivity contribution in [3.8, 4) is 23.4 Å². The summed E-state index contributed by atoms with van der Waals surface area (Å²) in [6, 6.07) is 14.0. The Morgan fingerprint density at radius 2 is 1.96 bits per heavy atom. The van der Waals surface area contributed by atoms with Gasteiger partial charge < -0.3 is 0 Å². The fourth-order valence-corrected chi connectivity index (χ4v) is 4.07. The second kappa shape index (κ2) is 8.49. The van der Waals surface area contributed by atoms with Crippen molar-refractivity contribution in [3.63, 3.8) is 0 Å². The number of allylic oxidation sites excluding steroid dienone is 1. The molecule has 7 heteroatoms. The average molecular weight is 453 g/mol. The van der Waals surface area contributed by atoms with E-state index in [1.807, 2.05) is 55.0 Å². The molecule has 0 aliphatic heterocycles. The molecule has 27 heavy (non-hydrogen) atoms. The van der Waals surface area contributed by atoms with Crippen LogP contribution in [0.4, 0.5) is 0 Å². The van der Waals surface area contributed by atoms with Crippen LogP contribution in [0.5, 0.6) is 0 Å². The van der Waals surface area contributed by atoms with E-state index in [2.05, 4.69) is 38.0 Å². The van der Waals surface area contributed by atoms with E-state index in [1.54, 1.807) is 0 Å². The predicted octanol–water partition coefficient (Wildman–Crippen LogP) is 5.93. The highest BCUT2D eigenvalue weighted by molar-refractivity contribution is 9.10. The second-order valence-electron chi connectivity index (χ2n) is 5.55. The van der Waals surface area contributed by atoms with Crippen LogP contribution in [0, 0.1) is 29.6 Å². The molecule has 0 aliphatic rings. The van der Waals surface area contributed by atoms with Gasteiger partial charge in [0.1, 0.15) is 22.2 Å². The third-order valence-corrected chi connectivity index (χ3v) is 5.91. The van der Waals surface area contributed by atoms with Gasteiger partial charge in [0.05, 0.1) is 16.8 Å². The zero-order valence-corrected chi connectivity index (χ0v) is 17.7. The largest absolute Gasteiger partial charge is 0.245 e. The van der Waals surface area contributed by atoms with Crippen LogP contribution in [0.2, 0.25) is 0 Å². The van der Waals surface area contributed by atoms with Gasteiger partial charge in [-0.2, -0.15) is 10.5 Å². The molecule has 0 saturated carbocycles. The van der Waals surface area contributed by atoms with Crippen LogP contribution in [-0.2, 0) is 0 Å². The van der Waals surface area contributed by atoms with Gasteiger partial charge in [0, 0.05) is 21.1 Å². The number of thioether (sulfide) groups is 1. The van der Waals surface area contributed by atoms with Crippen molar-refractivity contribution >= 4 is 50.7 Å². The highest BCUT2D eigenvalue weighted by Crippen LogP contribution is 2.31. The molecule has 0 spiro atoms. The van der Waals surface area contributed by atoms with Gasteiger partial charge in [0.2, 0.25) is 0 Å². The zero-order chi connectivity index (χ0) is 19.4. The molecule has 1 aromatic carbocycles. The molecule has 0 saturated heterocycles. The lowest BCUT2D eigenvalue weighted by Gasteiger charge is -2.06. The van der Waals surface area contributed by atoms with Gasteiger partial charge >= 0.3 is 0 Å². The summed E-state index contributed by atoms with van der Waals surface area (Å²) in [7, 11) is 0. The van der Waals surface area contributed by atoms with E-state index in [-0.39, 0.29) is 0 Å². The first-order chi connectivity index (χ1) is 13.0. The van der Waals surface area contributed by atoms with Crippen molar-refractivity contribution in [3.05, 3.63) is 62.0 Å². The minimum atomic E-state index is 0.500. The maximum atomic E-state index is 9.56. The quantitative estimate of drug-likeness (QED) is 0.361. The Morgan fingerprint density at radius 3 is 2.59 bits per heavy atom. The van der Waals surface area contributed by atoms with Gasteiger partial charge in [-0.15, -0.1) is 23.1 Å². The summed E-state index contributed by atoms with van der Waals surface area (Å²) in [6.45, 7) is 1.90. The lowest BCUT2D eigenvalue weighted by Crippen LogP contribution is -1.94. The van der Waals surface area contributed by atoms with Crippen molar-refractivity contribution in [1.82, 2.24) is 9.97 Å². The molecule has 4 nitrogen and oxygen atoms in total. The van der Waals surface area contributed by atoms with Gasteiger partial charge in [0.15, 0.2) is 0 Å². The monoisotopic (exact) mass is 452 g/mol. The van der Waals surface area contributed by atoms with Gasteiger partial charge in [0.25, 0.3) is 0 Å². The Labute approximate surface area is 174 Å². The summed E-state index contributed by atoms with van der Waals surface area (Å²) in [5.41, 5.74) is 4.31. The first kappa shape index (κ1) is 19.3. The van der Waals surface area contributed by atoms with E-state index in [0.29, 0.717) is 21.2 Å². The number of thiazole rings is 1. The molecule has 2 heterocycles. The summed E-state index contributed by atoms with van der Waals surface area (Å²) in [5, 5.41) is 22.2. The van der Waals surface area contributed by atoms with E-state index in [1.165, 1.54) is 23.1 Å². The normalized spacial score (nSPS) is 11.1. The molecule has 0 radical (unpaired) electrons. The number of aromatic nitrogens is 2. The molecule has 3 rings (SSSR count). The Kier molecular flexibility index (Phi) is 6.08. The molecule has 3 aromatic rings. The average Bonchev–Trinajstić information content (AvgIpc) is 3.16. The lowest BCUT2D eigenvalue weighted by molar-refractivity contribution is 1.05. The first-order valence-corrected chi connectivity index (χ1v) is 10.7. The topological polar surface area (TPSA) is 73.4 Å². The number of benzene rings is 1. The van der Waals surface area contributed by atoms with Crippen molar-refractivity contribution in [2.24, 2.45) is 0 Å². The van der Waals surface area contributed by atoms with Crippen LogP contribution in [0.15, 0.2) is 45.2 Å². The summed E-state index contributed by atoms with van der Waals surface area (Å²) >= 11 is 6.26. The third-order valence-electron chi connectivity index (χ3n) is 3.80.